The molecule has 1 saturated heterocycles. The molecule has 3 heterocycles. The van der Waals surface area contributed by atoms with Crippen molar-refractivity contribution in [1.82, 2.24) is 24.6 Å². The molecule has 2 aromatic heterocycles. The summed E-state index contributed by atoms with van der Waals surface area (Å²) in [6.45, 7) is 4.25. The fourth-order valence-corrected chi connectivity index (χ4v) is 5.14. The zero-order valence-electron chi connectivity index (χ0n) is 17.3. The minimum Gasteiger partial charge on any atom is -0.337 e. The molecule has 1 fully saturated rings. The van der Waals surface area contributed by atoms with E-state index in [1.165, 1.54) is 18.2 Å². The number of aromatic nitrogens is 4. The molecule has 31 heavy (non-hydrogen) atoms. The normalized spacial score (nSPS) is 18.9. The summed E-state index contributed by atoms with van der Waals surface area (Å²) < 4.78 is 1.90. The smallest absolute Gasteiger partial charge is 0.233 e. The Morgan fingerprint density at radius 1 is 1.06 bits per heavy atom. The van der Waals surface area contributed by atoms with Crippen LogP contribution in [0.25, 0.3) is 17.1 Å². The fourth-order valence-electron chi connectivity index (χ4n) is 4.02. The maximum atomic E-state index is 13.0. The van der Waals surface area contributed by atoms with Crippen LogP contribution >= 0.6 is 35.0 Å². The predicted molar refractivity (Wildman–Crippen MR) is 125 cm³/mol. The van der Waals surface area contributed by atoms with Crippen molar-refractivity contribution in [2.24, 2.45) is 0 Å². The van der Waals surface area contributed by atoms with E-state index in [4.69, 9.17) is 23.2 Å². The number of piperidine rings is 1. The van der Waals surface area contributed by atoms with Crippen molar-refractivity contribution < 1.29 is 4.79 Å². The second kappa shape index (κ2) is 9.59. The summed E-state index contributed by atoms with van der Waals surface area (Å²) in [5.41, 5.74) is 1.64. The van der Waals surface area contributed by atoms with Crippen LogP contribution in [-0.2, 0) is 4.79 Å². The number of halogens is 2. The Morgan fingerprint density at radius 3 is 2.45 bits per heavy atom. The average Bonchev–Trinajstić information content (AvgIpc) is 3.18. The topological polar surface area (TPSA) is 63.9 Å². The van der Waals surface area contributed by atoms with Crippen molar-refractivity contribution in [3.05, 3.63) is 52.8 Å². The number of pyridine rings is 1. The van der Waals surface area contributed by atoms with Gasteiger partial charge in [0.1, 0.15) is 0 Å². The van der Waals surface area contributed by atoms with Gasteiger partial charge in [-0.15, -0.1) is 10.2 Å². The summed E-state index contributed by atoms with van der Waals surface area (Å²) in [7, 11) is 0. The van der Waals surface area contributed by atoms with Crippen LogP contribution < -0.4 is 0 Å². The van der Waals surface area contributed by atoms with Gasteiger partial charge < -0.3 is 4.90 Å². The number of likely N-dealkylation sites (tertiary alicyclic amines) is 1. The Balaban J connectivity index is 1.65. The maximum absolute atomic E-state index is 13.0. The Bertz CT molecular complexity index is 1070. The van der Waals surface area contributed by atoms with E-state index in [0.717, 1.165) is 24.1 Å². The van der Waals surface area contributed by atoms with Crippen molar-refractivity contribution in [2.75, 3.05) is 5.75 Å². The van der Waals surface area contributed by atoms with Crippen LogP contribution in [0.15, 0.2) is 47.9 Å². The first-order valence-corrected chi connectivity index (χ1v) is 11.9. The molecule has 9 heteroatoms. The Labute approximate surface area is 196 Å². The van der Waals surface area contributed by atoms with Gasteiger partial charge in [0.15, 0.2) is 11.0 Å². The first-order valence-electron chi connectivity index (χ1n) is 10.2. The van der Waals surface area contributed by atoms with Crippen LogP contribution in [0.4, 0.5) is 0 Å². The van der Waals surface area contributed by atoms with Crippen LogP contribution in [-0.4, -0.2) is 48.4 Å². The molecule has 1 aromatic carbocycles. The molecule has 4 rings (SSSR count). The summed E-state index contributed by atoms with van der Waals surface area (Å²) in [4.78, 5) is 19.1. The minimum atomic E-state index is 0.124. The van der Waals surface area contributed by atoms with Crippen LogP contribution in [0.1, 0.15) is 33.1 Å². The van der Waals surface area contributed by atoms with Crippen LogP contribution in [0.5, 0.6) is 0 Å². The molecule has 0 spiro atoms. The van der Waals surface area contributed by atoms with Gasteiger partial charge in [-0.25, -0.2) is 0 Å². The Morgan fingerprint density at radius 2 is 1.77 bits per heavy atom. The van der Waals surface area contributed by atoms with Gasteiger partial charge in [0.2, 0.25) is 5.91 Å². The molecule has 0 N–H and O–H groups in total. The number of carbonyl (C=O) groups excluding carboxylic acids is 1. The van der Waals surface area contributed by atoms with E-state index in [2.05, 4.69) is 29.0 Å². The Hall–Kier alpha value is -2.09. The van der Waals surface area contributed by atoms with Crippen LogP contribution in [0.2, 0.25) is 10.0 Å². The Kier molecular flexibility index (Phi) is 6.84. The van der Waals surface area contributed by atoms with E-state index < -0.39 is 0 Å². The first kappa shape index (κ1) is 22.1. The van der Waals surface area contributed by atoms with Gasteiger partial charge in [-0.3, -0.25) is 14.3 Å². The number of nitrogens with zero attached hydrogens (tertiary/aromatic N) is 5. The van der Waals surface area contributed by atoms with Crippen molar-refractivity contribution in [3.8, 4) is 17.1 Å². The quantitative estimate of drug-likeness (QED) is 0.454. The highest BCUT2D eigenvalue weighted by Crippen LogP contribution is 2.32. The van der Waals surface area contributed by atoms with E-state index in [1.54, 1.807) is 24.5 Å². The van der Waals surface area contributed by atoms with Crippen molar-refractivity contribution in [1.29, 1.82) is 0 Å². The highest BCUT2D eigenvalue weighted by molar-refractivity contribution is 7.99. The summed E-state index contributed by atoms with van der Waals surface area (Å²) in [5.74, 6) is 1.07. The van der Waals surface area contributed by atoms with Gasteiger partial charge in [0.05, 0.1) is 21.5 Å². The standard InChI is InChI=1S/C22H23Cl2N5OS/c1-14-4-3-5-15(2)28(14)20(30)13-31-22-27-26-21(16-8-10-25-11-9-16)29(22)17-6-7-18(23)19(24)12-17/h6-12,14-15H,3-5,13H2,1-2H3/t14-,15-/m0/s1. The minimum absolute atomic E-state index is 0.124. The highest BCUT2D eigenvalue weighted by atomic mass is 35.5. The molecular weight excluding hydrogens is 453 g/mol. The molecule has 0 saturated carbocycles. The first-order chi connectivity index (χ1) is 15.0. The number of rotatable bonds is 5. The summed E-state index contributed by atoms with van der Waals surface area (Å²) >= 11 is 13.8. The van der Waals surface area contributed by atoms with Gasteiger partial charge in [0.25, 0.3) is 0 Å². The van der Waals surface area contributed by atoms with E-state index >= 15 is 0 Å². The largest absolute Gasteiger partial charge is 0.337 e. The van der Waals surface area contributed by atoms with Gasteiger partial charge in [-0.05, 0) is 63.4 Å². The second-order valence-electron chi connectivity index (χ2n) is 7.69. The van der Waals surface area contributed by atoms with Crippen molar-refractivity contribution in [3.63, 3.8) is 0 Å². The van der Waals surface area contributed by atoms with E-state index in [9.17, 15) is 4.79 Å². The van der Waals surface area contributed by atoms with Gasteiger partial charge in [0, 0.05) is 30.0 Å². The highest BCUT2D eigenvalue weighted by Gasteiger charge is 2.29. The van der Waals surface area contributed by atoms with Crippen LogP contribution in [0, 0.1) is 0 Å². The molecule has 1 aliphatic heterocycles. The molecule has 3 aromatic rings. The number of benzene rings is 1. The molecule has 1 amide bonds. The lowest BCUT2D eigenvalue weighted by atomic mass is 9.98. The molecule has 1 aliphatic rings. The lowest BCUT2D eigenvalue weighted by Gasteiger charge is -2.39. The van der Waals surface area contributed by atoms with E-state index in [-0.39, 0.29) is 18.0 Å². The summed E-state index contributed by atoms with van der Waals surface area (Å²) in [5, 5.41) is 10.3. The number of carbonyl (C=O) groups is 1. The van der Waals surface area contributed by atoms with E-state index in [0.29, 0.717) is 26.8 Å². The maximum Gasteiger partial charge on any atom is 0.233 e. The molecule has 0 radical (unpaired) electrons. The van der Waals surface area contributed by atoms with Crippen molar-refractivity contribution >= 4 is 40.9 Å². The molecule has 6 nitrogen and oxygen atoms in total. The zero-order chi connectivity index (χ0) is 22.0. The fraction of sp³-hybridized carbons (Fsp3) is 0.364. The molecule has 162 valence electrons. The third-order valence-electron chi connectivity index (χ3n) is 5.54. The SMILES string of the molecule is C[C@H]1CCC[C@H](C)N1C(=O)CSc1nnc(-c2ccncc2)n1-c1ccc(Cl)c(Cl)c1. The molecule has 2 atom stereocenters. The lowest BCUT2D eigenvalue weighted by Crippen LogP contribution is -2.48. The average molecular weight is 476 g/mol. The third kappa shape index (κ3) is 4.73. The van der Waals surface area contributed by atoms with Gasteiger partial charge >= 0.3 is 0 Å². The zero-order valence-corrected chi connectivity index (χ0v) is 19.7. The third-order valence-corrected chi connectivity index (χ3v) is 7.19. The molecule has 0 unspecified atom stereocenters. The number of amides is 1. The number of hydrogen-bond donors (Lipinski definition) is 0. The lowest BCUT2D eigenvalue weighted by molar-refractivity contribution is -0.134. The number of hydrogen-bond acceptors (Lipinski definition) is 5. The van der Waals surface area contributed by atoms with Crippen LogP contribution in [0.3, 0.4) is 0 Å². The summed E-state index contributed by atoms with van der Waals surface area (Å²) in [6.07, 6.45) is 6.68. The predicted octanol–water partition coefficient (Wildman–Crippen LogP) is 5.52. The van der Waals surface area contributed by atoms with Gasteiger partial charge in [-0.1, -0.05) is 35.0 Å². The van der Waals surface area contributed by atoms with Crippen molar-refractivity contribution in [2.45, 2.75) is 50.4 Å². The molecule has 0 aliphatic carbocycles. The summed E-state index contributed by atoms with van der Waals surface area (Å²) in [6, 6.07) is 9.64. The van der Waals surface area contributed by atoms with E-state index in [1.807, 2.05) is 27.7 Å². The number of thioether (sulfide) groups is 1. The molecular formula is C22H23Cl2N5OS. The second-order valence-corrected chi connectivity index (χ2v) is 9.45. The monoisotopic (exact) mass is 475 g/mol. The molecule has 0 bridgehead atoms. The van der Waals surface area contributed by atoms with Gasteiger partial charge in [-0.2, -0.15) is 0 Å².